The largest absolute Gasteiger partial charge is 0.494 e. The summed E-state index contributed by atoms with van der Waals surface area (Å²) in [5.41, 5.74) is 0.352. The molecule has 0 bridgehead atoms. The Hall–Kier alpha value is -2.41. The van der Waals surface area contributed by atoms with E-state index < -0.39 is 11.9 Å². The second-order valence-electron chi connectivity index (χ2n) is 5.94. The molecule has 162 valence electrons. The smallest absolute Gasteiger partial charge is 0.254 e. The first kappa shape index (κ1) is 26.6. The van der Waals surface area contributed by atoms with Crippen LogP contribution in [0.25, 0.3) is 0 Å². The van der Waals surface area contributed by atoms with E-state index in [1.807, 2.05) is 13.8 Å². The number of halogens is 1. The van der Waals surface area contributed by atoms with Gasteiger partial charge in [0, 0.05) is 32.0 Å². The normalized spacial score (nSPS) is 10.8. The van der Waals surface area contributed by atoms with Crippen molar-refractivity contribution in [2.75, 3.05) is 26.6 Å². The number of carbonyl (C=O) groups is 4. The second kappa shape index (κ2) is 15.5. The van der Waals surface area contributed by atoms with Crippen molar-refractivity contribution in [1.82, 2.24) is 10.2 Å². The quantitative estimate of drug-likeness (QED) is 0.315. The van der Waals surface area contributed by atoms with Crippen LogP contribution in [-0.2, 0) is 9.59 Å². The molecule has 0 heterocycles. The minimum absolute atomic E-state index is 0.118. The molecule has 1 unspecified atom stereocenters. The highest BCUT2D eigenvalue weighted by Gasteiger charge is 2.23. The average molecular weight is 427 g/mol. The van der Waals surface area contributed by atoms with Crippen molar-refractivity contribution in [3.8, 4) is 5.75 Å². The molecule has 0 spiro atoms. The number of nitrogens with one attached hydrogen (secondary N) is 1. The van der Waals surface area contributed by atoms with Gasteiger partial charge in [-0.15, -0.1) is 11.6 Å². The van der Waals surface area contributed by atoms with Crippen LogP contribution in [0.2, 0.25) is 0 Å². The van der Waals surface area contributed by atoms with Crippen molar-refractivity contribution >= 4 is 36.0 Å². The van der Waals surface area contributed by atoms with Crippen LogP contribution in [0.15, 0.2) is 18.2 Å². The van der Waals surface area contributed by atoms with Crippen LogP contribution in [-0.4, -0.2) is 61.9 Å². The molecule has 7 nitrogen and oxygen atoms in total. The Kier molecular flexibility index (Phi) is 14.2. The minimum Gasteiger partial charge on any atom is -0.494 e. The lowest BCUT2D eigenvalue weighted by molar-refractivity contribution is -0.121. The number of rotatable bonds is 12. The Morgan fingerprint density at radius 3 is 2.48 bits per heavy atom. The number of alkyl halides is 1. The van der Waals surface area contributed by atoms with Gasteiger partial charge in [-0.05, 0) is 37.5 Å². The molecule has 1 N–H and O–H groups in total. The molecule has 1 rings (SSSR count). The maximum absolute atomic E-state index is 12.7. The first-order valence-corrected chi connectivity index (χ1v) is 10.2. The zero-order valence-corrected chi connectivity index (χ0v) is 18.3. The molecule has 1 aromatic rings. The lowest BCUT2D eigenvalue weighted by Crippen LogP contribution is -2.39. The Morgan fingerprint density at radius 1 is 1.24 bits per heavy atom. The third-order valence-corrected chi connectivity index (χ3v) is 4.37. The van der Waals surface area contributed by atoms with Crippen LogP contribution in [0, 0.1) is 0 Å². The second-order valence-corrected chi connectivity index (χ2v) is 6.32. The number of likely N-dealkylation sites (N-methyl/N-ethyl adjacent to an activating group) is 1. The summed E-state index contributed by atoms with van der Waals surface area (Å²) >= 11 is 5.61. The molecule has 0 fully saturated rings. The average Bonchev–Trinajstić information content (AvgIpc) is 2.77. The molecule has 0 aromatic heterocycles. The van der Waals surface area contributed by atoms with Crippen LogP contribution >= 0.6 is 11.6 Å². The van der Waals surface area contributed by atoms with E-state index in [2.05, 4.69) is 5.32 Å². The van der Waals surface area contributed by atoms with E-state index in [-0.39, 0.29) is 29.9 Å². The predicted octanol–water partition coefficient (Wildman–Crippen LogP) is 3.09. The van der Waals surface area contributed by atoms with E-state index in [0.29, 0.717) is 30.8 Å². The van der Waals surface area contributed by atoms with Crippen molar-refractivity contribution in [3.05, 3.63) is 29.3 Å². The number of benzene rings is 1. The fourth-order valence-corrected chi connectivity index (χ4v) is 2.60. The fraction of sp³-hybridized carbons (Fsp3) is 0.524. The SMILES string of the molecule is CC.CNC(=O)CCC(C=O)N(C)C(=O)c1ccc(OCCCCCl)cc1C=O. The van der Waals surface area contributed by atoms with Gasteiger partial charge < -0.3 is 19.7 Å². The van der Waals surface area contributed by atoms with Gasteiger partial charge >= 0.3 is 0 Å². The summed E-state index contributed by atoms with van der Waals surface area (Å²) in [6.07, 6.45) is 3.13. The molecule has 0 aliphatic heterocycles. The monoisotopic (exact) mass is 426 g/mol. The molecule has 0 radical (unpaired) electrons. The summed E-state index contributed by atoms with van der Waals surface area (Å²) in [7, 11) is 2.97. The molecular weight excluding hydrogens is 396 g/mol. The van der Waals surface area contributed by atoms with E-state index in [4.69, 9.17) is 16.3 Å². The highest BCUT2D eigenvalue weighted by molar-refractivity contribution is 6.17. The summed E-state index contributed by atoms with van der Waals surface area (Å²) in [4.78, 5) is 48.0. The zero-order chi connectivity index (χ0) is 22.2. The van der Waals surface area contributed by atoms with Gasteiger partial charge in [0.2, 0.25) is 5.91 Å². The molecule has 2 amide bonds. The van der Waals surface area contributed by atoms with Gasteiger partial charge in [-0.25, -0.2) is 0 Å². The van der Waals surface area contributed by atoms with Crippen molar-refractivity contribution in [3.63, 3.8) is 0 Å². The Labute approximate surface area is 177 Å². The number of hydrogen-bond donors (Lipinski definition) is 1. The van der Waals surface area contributed by atoms with Crippen LogP contribution in [0.5, 0.6) is 5.75 Å². The Morgan fingerprint density at radius 2 is 1.93 bits per heavy atom. The third kappa shape index (κ3) is 9.09. The third-order valence-electron chi connectivity index (χ3n) is 4.10. The first-order valence-electron chi connectivity index (χ1n) is 9.69. The number of unbranched alkanes of at least 4 members (excludes halogenated alkanes) is 1. The molecule has 29 heavy (non-hydrogen) atoms. The van der Waals surface area contributed by atoms with Crippen LogP contribution in [0.3, 0.4) is 0 Å². The van der Waals surface area contributed by atoms with Crippen molar-refractivity contribution in [1.29, 1.82) is 0 Å². The van der Waals surface area contributed by atoms with E-state index in [0.717, 1.165) is 12.8 Å². The summed E-state index contributed by atoms with van der Waals surface area (Å²) in [5.74, 6) is 0.352. The standard InChI is InChI=1S/C19H25ClN2O5.C2H6/c1-21-18(25)8-5-15(13-24)22(2)19(26)17-7-6-16(11-14(17)12-23)27-10-4-3-9-20;1-2/h6-7,11-13,15H,3-5,8-10H2,1-2H3,(H,21,25);1-2H3. The summed E-state index contributed by atoms with van der Waals surface area (Å²) in [5, 5.41) is 2.47. The topological polar surface area (TPSA) is 92.8 Å². The number of nitrogens with zero attached hydrogens (tertiary/aromatic N) is 1. The van der Waals surface area contributed by atoms with E-state index in [9.17, 15) is 19.2 Å². The maximum Gasteiger partial charge on any atom is 0.254 e. The number of carbonyl (C=O) groups excluding carboxylic acids is 4. The number of ether oxygens (including phenoxy) is 1. The van der Waals surface area contributed by atoms with Crippen LogP contribution in [0.1, 0.15) is 60.2 Å². The molecule has 1 aromatic carbocycles. The summed E-state index contributed by atoms with van der Waals surface area (Å²) in [6, 6.07) is 3.84. The number of hydrogen-bond acceptors (Lipinski definition) is 5. The molecule has 8 heteroatoms. The molecule has 0 saturated heterocycles. The van der Waals surface area contributed by atoms with Crippen LogP contribution in [0.4, 0.5) is 0 Å². The number of amides is 2. The lowest BCUT2D eigenvalue weighted by atomic mass is 10.0. The maximum atomic E-state index is 12.7. The van der Waals surface area contributed by atoms with Crippen LogP contribution < -0.4 is 10.1 Å². The predicted molar refractivity (Wildman–Crippen MR) is 114 cm³/mol. The van der Waals surface area contributed by atoms with Crippen molar-refractivity contribution in [2.45, 2.75) is 45.6 Å². The molecule has 0 aliphatic rings. The van der Waals surface area contributed by atoms with Gasteiger partial charge in [0.25, 0.3) is 5.91 Å². The van der Waals surface area contributed by atoms with E-state index in [1.165, 1.54) is 31.1 Å². The van der Waals surface area contributed by atoms with Gasteiger partial charge in [0.15, 0.2) is 6.29 Å². The van der Waals surface area contributed by atoms with Gasteiger partial charge in [-0.3, -0.25) is 14.4 Å². The fourth-order valence-electron chi connectivity index (χ4n) is 2.41. The highest BCUT2D eigenvalue weighted by atomic mass is 35.5. The summed E-state index contributed by atoms with van der Waals surface area (Å²) < 4.78 is 5.55. The zero-order valence-electron chi connectivity index (χ0n) is 17.6. The first-order chi connectivity index (χ1) is 14.0. The Balaban J connectivity index is 0.00000379. The number of aldehydes is 2. The molecular formula is C21H31ClN2O5. The summed E-state index contributed by atoms with van der Waals surface area (Å²) in [6.45, 7) is 4.46. The molecule has 1 atom stereocenters. The Bertz CT molecular complexity index is 666. The molecule has 0 aliphatic carbocycles. The van der Waals surface area contributed by atoms with Gasteiger partial charge in [-0.1, -0.05) is 13.8 Å². The van der Waals surface area contributed by atoms with Gasteiger partial charge in [-0.2, -0.15) is 0 Å². The van der Waals surface area contributed by atoms with Gasteiger partial charge in [0.05, 0.1) is 18.2 Å². The van der Waals surface area contributed by atoms with E-state index >= 15 is 0 Å². The highest BCUT2D eigenvalue weighted by Crippen LogP contribution is 2.19. The van der Waals surface area contributed by atoms with Crippen molar-refractivity contribution in [2.24, 2.45) is 0 Å². The van der Waals surface area contributed by atoms with Gasteiger partial charge in [0.1, 0.15) is 12.0 Å². The van der Waals surface area contributed by atoms with Crippen molar-refractivity contribution < 1.29 is 23.9 Å². The molecule has 0 saturated carbocycles. The lowest BCUT2D eigenvalue weighted by Gasteiger charge is -2.24. The minimum atomic E-state index is -0.763. The van der Waals surface area contributed by atoms with E-state index in [1.54, 1.807) is 6.07 Å².